The van der Waals surface area contributed by atoms with Crippen LogP contribution in [0.5, 0.6) is 17.2 Å². The van der Waals surface area contributed by atoms with Gasteiger partial charge in [-0.3, -0.25) is 9.59 Å². The molecule has 1 unspecified atom stereocenters. The number of likely N-dealkylation sites (N-methyl/N-ethyl adjacent to an activating group) is 1. The summed E-state index contributed by atoms with van der Waals surface area (Å²) < 4.78 is 17.2. The number of carbonyl (C=O) groups excluding carboxylic acids is 2. The number of ketones is 1. The summed E-state index contributed by atoms with van der Waals surface area (Å²) in [6.07, 6.45) is 1.92. The second-order valence-corrected chi connectivity index (χ2v) is 9.82. The molecule has 1 aliphatic rings. The van der Waals surface area contributed by atoms with Crippen LogP contribution in [0.3, 0.4) is 0 Å². The molecule has 39 heavy (non-hydrogen) atoms. The number of amides is 1. The summed E-state index contributed by atoms with van der Waals surface area (Å²) in [6, 6.07) is 11.5. The van der Waals surface area contributed by atoms with Crippen molar-refractivity contribution in [1.29, 1.82) is 0 Å². The molecule has 1 fully saturated rings. The Kier molecular flexibility index (Phi) is 10.8. The van der Waals surface area contributed by atoms with Crippen molar-refractivity contribution in [2.75, 3.05) is 39.9 Å². The minimum Gasteiger partial charge on any atom is -0.507 e. The standard InChI is InChI=1S/C31H42N2O6/c1-7-10-19-38-25-16-13-23(20-26(25)37-6)28-27(29(34)22-11-14-24(15-12-22)39-21(4)5)30(35)31(36)33(28)18-17-32(8-2)9-3/h11-16,20-21,28,34H,7-10,17-19H2,1-6H3. The lowest BCUT2D eigenvalue weighted by Gasteiger charge is -2.28. The number of methoxy groups -OCH3 is 1. The highest BCUT2D eigenvalue weighted by Gasteiger charge is 2.46. The number of aliphatic hydroxyl groups is 1. The fraction of sp³-hybridized carbons (Fsp3) is 0.484. The van der Waals surface area contributed by atoms with Crippen molar-refractivity contribution >= 4 is 17.4 Å². The van der Waals surface area contributed by atoms with Gasteiger partial charge >= 0.3 is 0 Å². The molecule has 1 heterocycles. The zero-order chi connectivity index (χ0) is 28.5. The van der Waals surface area contributed by atoms with E-state index in [1.807, 2.05) is 19.9 Å². The molecule has 0 radical (unpaired) electrons. The van der Waals surface area contributed by atoms with Crippen LogP contribution in [0.2, 0.25) is 0 Å². The highest BCUT2D eigenvalue weighted by atomic mass is 16.5. The van der Waals surface area contributed by atoms with E-state index < -0.39 is 17.7 Å². The molecule has 1 atom stereocenters. The van der Waals surface area contributed by atoms with Gasteiger partial charge in [0.15, 0.2) is 11.5 Å². The van der Waals surface area contributed by atoms with E-state index >= 15 is 0 Å². The van der Waals surface area contributed by atoms with Crippen LogP contribution in [0.15, 0.2) is 48.0 Å². The van der Waals surface area contributed by atoms with Crippen LogP contribution in [0.1, 0.15) is 64.6 Å². The van der Waals surface area contributed by atoms with Crippen molar-refractivity contribution in [3.63, 3.8) is 0 Å². The molecule has 8 heteroatoms. The molecule has 2 aromatic rings. The van der Waals surface area contributed by atoms with Crippen molar-refractivity contribution in [1.82, 2.24) is 9.80 Å². The number of benzene rings is 2. The molecular formula is C31H42N2O6. The number of unbranched alkanes of at least 4 members (excludes halogenated alkanes) is 1. The highest BCUT2D eigenvalue weighted by molar-refractivity contribution is 6.46. The Morgan fingerprint density at radius 1 is 1.03 bits per heavy atom. The van der Waals surface area contributed by atoms with Gasteiger partial charge in [-0.2, -0.15) is 0 Å². The monoisotopic (exact) mass is 538 g/mol. The van der Waals surface area contributed by atoms with E-state index in [1.165, 1.54) is 0 Å². The third-order valence-corrected chi connectivity index (χ3v) is 6.85. The zero-order valence-corrected chi connectivity index (χ0v) is 24.0. The Balaban J connectivity index is 2.08. The number of rotatable bonds is 14. The normalized spacial score (nSPS) is 16.8. The first-order valence-electron chi connectivity index (χ1n) is 13.8. The van der Waals surface area contributed by atoms with Crippen molar-refractivity contribution in [3.8, 4) is 17.2 Å². The Hall–Kier alpha value is -3.52. The molecular weight excluding hydrogens is 496 g/mol. The Bertz CT molecular complexity index is 1150. The topological polar surface area (TPSA) is 88.5 Å². The van der Waals surface area contributed by atoms with Gasteiger partial charge < -0.3 is 29.1 Å². The van der Waals surface area contributed by atoms with E-state index in [1.54, 1.807) is 48.4 Å². The van der Waals surface area contributed by atoms with Gasteiger partial charge in [-0.1, -0.05) is 33.3 Å². The second kappa shape index (κ2) is 14.0. The van der Waals surface area contributed by atoms with Crippen molar-refractivity contribution in [3.05, 3.63) is 59.2 Å². The molecule has 0 aromatic heterocycles. The molecule has 8 nitrogen and oxygen atoms in total. The molecule has 2 aromatic carbocycles. The minimum absolute atomic E-state index is 0.00415. The van der Waals surface area contributed by atoms with E-state index in [2.05, 4.69) is 25.7 Å². The number of ether oxygens (including phenoxy) is 3. The first kappa shape index (κ1) is 30.0. The Morgan fingerprint density at radius 3 is 2.31 bits per heavy atom. The number of likely N-dealkylation sites (tertiary alicyclic amines) is 1. The molecule has 0 bridgehead atoms. The summed E-state index contributed by atoms with van der Waals surface area (Å²) in [5.74, 6) is 0.198. The summed E-state index contributed by atoms with van der Waals surface area (Å²) >= 11 is 0. The van der Waals surface area contributed by atoms with Crippen LogP contribution in [-0.4, -0.2) is 72.6 Å². The van der Waals surface area contributed by atoms with E-state index in [9.17, 15) is 14.7 Å². The van der Waals surface area contributed by atoms with Gasteiger partial charge in [0.25, 0.3) is 11.7 Å². The van der Waals surface area contributed by atoms with Crippen LogP contribution < -0.4 is 14.2 Å². The number of Topliss-reactive ketones (excluding diaryl/α,β-unsaturated/α-hetero) is 1. The maximum Gasteiger partial charge on any atom is 0.295 e. The summed E-state index contributed by atoms with van der Waals surface area (Å²) in [5, 5.41) is 11.4. The van der Waals surface area contributed by atoms with Gasteiger partial charge in [-0.15, -0.1) is 0 Å². The van der Waals surface area contributed by atoms with Gasteiger partial charge in [-0.25, -0.2) is 0 Å². The summed E-state index contributed by atoms with van der Waals surface area (Å²) in [4.78, 5) is 30.5. The number of aliphatic hydroxyl groups excluding tert-OH is 1. The molecule has 0 aliphatic carbocycles. The molecule has 1 saturated heterocycles. The maximum absolute atomic E-state index is 13.4. The number of nitrogens with zero attached hydrogens (tertiary/aromatic N) is 2. The summed E-state index contributed by atoms with van der Waals surface area (Å²) in [7, 11) is 1.56. The fourth-order valence-corrected chi connectivity index (χ4v) is 4.67. The van der Waals surface area contributed by atoms with Crippen LogP contribution in [0.25, 0.3) is 5.76 Å². The van der Waals surface area contributed by atoms with Gasteiger partial charge in [0.2, 0.25) is 0 Å². The average molecular weight is 539 g/mol. The average Bonchev–Trinajstić information content (AvgIpc) is 3.18. The van der Waals surface area contributed by atoms with E-state index in [4.69, 9.17) is 14.2 Å². The zero-order valence-electron chi connectivity index (χ0n) is 24.0. The number of hydrogen-bond donors (Lipinski definition) is 1. The maximum atomic E-state index is 13.4. The van der Waals surface area contributed by atoms with Crippen LogP contribution in [-0.2, 0) is 9.59 Å². The second-order valence-electron chi connectivity index (χ2n) is 9.82. The van der Waals surface area contributed by atoms with E-state index in [0.29, 0.717) is 48.1 Å². The quantitative estimate of drug-likeness (QED) is 0.149. The number of carbonyl (C=O) groups is 2. The predicted octanol–water partition coefficient (Wildman–Crippen LogP) is 5.42. The minimum atomic E-state index is -0.772. The smallest absolute Gasteiger partial charge is 0.295 e. The largest absolute Gasteiger partial charge is 0.507 e. The molecule has 1 aliphatic heterocycles. The first-order valence-corrected chi connectivity index (χ1v) is 13.8. The van der Waals surface area contributed by atoms with E-state index in [0.717, 1.165) is 25.9 Å². The van der Waals surface area contributed by atoms with Crippen molar-refractivity contribution < 1.29 is 28.9 Å². The van der Waals surface area contributed by atoms with Crippen LogP contribution >= 0.6 is 0 Å². The molecule has 1 N–H and O–H groups in total. The Morgan fingerprint density at radius 2 is 1.72 bits per heavy atom. The summed E-state index contributed by atoms with van der Waals surface area (Å²) in [5.41, 5.74) is 1.15. The van der Waals surface area contributed by atoms with Gasteiger partial charge in [0.05, 0.1) is 31.4 Å². The summed E-state index contributed by atoms with van der Waals surface area (Å²) in [6.45, 7) is 13.2. The molecule has 0 saturated carbocycles. The molecule has 1 amide bonds. The molecule has 0 spiro atoms. The van der Waals surface area contributed by atoms with Gasteiger partial charge in [-0.05, 0) is 75.3 Å². The predicted molar refractivity (Wildman–Crippen MR) is 152 cm³/mol. The number of hydrogen-bond acceptors (Lipinski definition) is 7. The lowest BCUT2D eigenvalue weighted by molar-refractivity contribution is -0.140. The third kappa shape index (κ3) is 7.12. The lowest BCUT2D eigenvalue weighted by atomic mass is 9.95. The van der Waals surface area contributed by atoms with Crippen LogP contribution in [0, 0.1) is 0 Å². The van der Waals surface area contributed by atoms with Crippen LogP contribution in [0.4, 0.5) is 0 Å². The SMILES string of the molecule is CCCCOc1ccc(C2C(=C(O)c3ccc(OC(C)C)cc3)C(=O)C(=O)N2CCN(CC)CC)cc1OC. The van der Waals surface area contributed by atoms with Gasteiger partial charge in [0, 0.05) is 18.7 Å². The van der Waals surface area contributed by atoms with E-state index in [-0.39, 0.29) is 17.4 Å². The highest BCUT2D eigenvalue weighted by Crippen LogP contribution is 2.42. The lowest BCUT2D eigenvalue weighted by Crippen LogP contribution is -2.38. The third-order valence-electron chi connectivity index (χ3n) is 6.85. The molecule has 212 valence electrons. The van der Waals surface area contributed by atoms with Crippen molar-refractivity contribution in [2.24, 2.45) is 0 Å². The Labute approximate surface area is 232 Å². The first-order chi connectivity index (χ1) is 18.7. The van der Waals surface area contributed by atoms with Crippen molar-refractivity contribution in [2.45, 2.75) is 59.6 Å². The van der Waals surface area contributed by atoms with Gasteiger partial charge in [0.1, 0.15) is 11.5 Å². The fourth-order valence-electron chi connectivity index (χ4n) is 4.67. The molecule has 3 rings (SSSR count).